The lowest BCUT2D eigenvalue weighted by Crippen LogP contribution is -2.28. The van der Waals surface area contributed by atoms with Crippen LogP contribution in [0.3, 0.4) is 0 Å². The minimum absolute atomic E-state index is 0.237. The molecule has 1 heterocycles. The Balaban J connectivity index is 1.66. The number of carbonyl (C=O) groups is 1. The zero-order valence-corrected chi connectivity index (χ0v) is 13.6. The normalized spacial score (nSPS) is 10.6. The highest BCUT2D eigenvalue weighted by Gasteiger charge is 2.09. The summed E-state index contributed by atoms with van der Waals surface area (Å²) in [5, 5.41) is 7.51. The molecule has 2 amide bonds. The lowest BCUT2D eigenvalue weighted by Gasteiger charge is -2.07. The molecule has 112 valence electrons. The lowest BCUT2D eigenvalue weighted by molar-refractivity contribution is 0.252. The van der Waals surface area contributed by atoms with Gasteiger partial charge in [0.25, 0.3) is 0 Å². The highest BCUT2D eigenvalue weighted by atomic mass is 35.5. The summed E-state index contributed by atoms with van der Waals surface area (Å²) < 4.78 is 1.24. The first-order valence-electron chi connectivity index (χ1n) is 6.91. The smallest absolute Gasteiger partial charge is 0.319 e. The number of hydrogen-bond acceptors (Lipinski definition) is 2. The number of aryl methyl sites for hydroxylation is 1. The Hall–Kier alpha value is -2.04. The van der Waals surface area contributed by atoms with Gasteiger partial charge in [-0.2, -0.15) is 0 Å². The summed E-state index contributed by atoms with van der Waals surface area (Å²) in [5.41, 5.74) is 1.90. The van der Waals surface area contributed by atoms with E-state index >= 15 is 0 Å². The molecule has 0 bridgehead atoms. The second-order valence-corrected chi connectivity index (χ2v) is 6.54. The molecule has 0 aliphatic rings. The van der Waals surface area contributed by atoms with E-state index in [-0.39, 0.29) is 6.03 Å². The van der Waals surface area contributed by atoms with Crippen molar-refractivity contribution in [2.24, 2.45) is 0 Å². The predicted octanol–water partition coefficient (Wildman–Crippen LogP) is 5.18. The van der Waals surface area contributed by atoms with Crippen molar-refractivity contribution in [3.63, 3.8) is 0 Å². The molecule has 3 aromatic rings. The van der Waals surface area contributed by atoms with Gasteiger partial charge in [-0.25, -0.2) is 4.79 Å². The van der Waals surface area contributed by atoms with Gasteiger partial charge in [0.2, 0.25) is 0 Å². The highest BCUT2D eigenvalue weighted by molar-refractivity contribution is 7.19. The number of amides is 2. The zero-order chi connectivity index (χ0) is 15.5. The molecule has 22 heavy (non-hydrogen) atoms. The Morgan fingerprint density at radius 1 is 1.18 bits per heavy atom. The molecule has 0 atom stereocenters. The molecule has 0 aliphatic carbocycles. The summed E-state index contributed by atoms with van der Waals surface area (Å²) >= 11 is 7.61. The maximum absolute atomic E-state index is 12.0. The topological polar surface area (TPSA) is 41.1 Å². The molecule has 2 N–H and O–H groups in total. The molecule has 0 saturated carbocycles. The van der Waals surface area contributed by atoms with Crippen molar-refractivity contribution in [1.82, 2.24) is 5.32 Å². The van der Waals surface area contributed by atoms with Crippen LogP contribution >= 0.6 is 22.9 Å². The molecule has 2 aromatic carbocycles. The molecule has 0 unspecified atom stereocenters. The average Bonchev–Trinajstić information content (AvgIpc) is 2.82. The van der Waals surface area contributed by atoms with Crippen molar-refractivity contribution >= 4 is 44.7 Å². The van der Waals surface area contributed by atoms with Crippen LogP contribution in [0.25, 0.3) is 10.1 Å². The monoisotopic (exact) mass is 330 g/mol. The predicted molar refractivity (Wildman–Crippen MR) is 93.9 cm³/mol. The first kappa shape index (κ1) is 14.9. The van der Waals surface area contributed by atoms with E-state index in [1.807, 2.05) is 12.1 Å². The van der Waals surface area contributed by atoms with Gasteiger partial charge in [0.1, 0.15) is 0 Å². The van der Waals surface area contributed by atoms with E-state index in [0.29, 0.717) is 17.3 Å². The number of carbonyl (C=O) groups excluding carboxylic acids is 1. The van der Waals surface area contributed by atoms with Crippen LogP contribution in [0, 0.1) is 6.92 Å². The summed E-state index contributed by atoms with van der Waals surface area (Å²) in [5.74, 6) is 0. The number of urea groups is 1. The Bertz CT molecular complexity index is 828. The number of thiophene rings is 1. The Morgan fingerprint density at radius 3 is 2.77 bits per heavy atom. The SMILES string of the molecule is Cc1c(CNC(=O)Nc2cccc(Cl)c2)sc2ccccc12. The fourth-order valence-corrected chi connectivity index (χ4v) is 3.64. The van der Waals surface area contributed by atoms with E-state index in [1.165, 1.54) is 20.5 Å². The van der Waals surface area contributed by atoms with Crippen LogP contribution in [0.15, 0.2) is 48.5 Å². The van der Waals surface area contributed by atoms with Crippen molar-refractivity contribution in [3.8, 4) is 0 Å². The minimum atomic E-state index is -0.237. The minimum Gasteiger partial charge on any atom is -0.333 e. The van der Waals surface area contributed by atoms with Crippen molar-refractivity contribution in [3.05, 3.63) is 64.0 Å². The fourth-order valence-electron chi connectivity index (χ4n) is 2.30. The van der Waals surface area contributed by atoms with Gasteiger partial charge in [-0.05, 0) is 42.1 Å². The number of hydrogen-bond donors (Lipinski definition) is 2. The van der Waals surface area contributed by atoms with Crippen molar-refractivity contribution in [1.29, 1.82) is 0 Å². The summed E-state index contributed by atoms with van der Waals surface area (Å²) in [6.07, 6.45) is 0. The second kappa shape index (κ2) is 6.38. The number of benzene rings is 2. The first-order chi connectivity index (χ1) is 10.6. The number of anilines is 1. The molecular formula is C17H15ClN2OS. The van der Waals surface area contributed by atoms with Gasteiger partial charge in [0.05, 0.1) is 6.54 Å². The quantitative estimate of drug-likeness (QED) is 0.682. The summed E-state index contributed by atoms with van der Waals surface area (Å²) in [6, 6.07) is 15.1. The van der Waals surface area contributed by atoms with Crippen LogP contribution < -0.4 is 10.6 Å². The van der Waals surface area contributed by atoms with Gasteiger partial charge >= 0.3 is 6.03 Å². The van der Waals surface area contributed by atoms with Crippen LogP contribution in [0.4, 0.5) is 10.5 Å². The second-order valence-electron chi connectivity index (χ2n) is 4.96. The van der Waals surface area contributed by atoms with E-state index in [0.717, 1.165) is 0 Å². The first-order valence-corrected chi connectivity index (χ1v) is 8.10. The van der Waals surface area contributed by atoms with Crippen LogP contribution in [-0.2, 0) is 6.54 Å². The van der Waals surface area contributed by atoms with Crippen LogP contribution in [0.2, 0.25) is 5.02 Å². The molecule has 5 heteroatoms. The van der Waals surface area contributed by atoms with Gasteiger partial charge in [-0.1, -0.05) is 35.9 Å². The van der Waals surface area contributed by atoms with E-state index in [1.54, 1.807) is 35.6 Å². The van der Waals surface area contributed by atoms with Crippen LogP contribution in [0.1, 0.15) is 10.4 Å². The van der Waals surface area contributed by atoms with Crippen molar-refractivity contribution < 1.29 is 4.79 Å². The molecule has 0 spiro atoms. The van der Waals surface area contributed by atoms with Gasteiger partial charge in [-0.3, -0.25) is 0 Å². The Labute approximate surface area is 137 Å². The van der Waals surface area contributed by atoms with E-state index in [9.17, 15) is 4.79 Å². The molecule has 3 rings (SSSR count). The Kier molecular flexibility index (Phi) is 4.32. The zero-order valence-electron chi connectivity index (χ0n) is 12.0. The maximum atomic E-state index is 12.0. The van der Waals surface area contributed by atoms with E-state index in [4.69, 9.17) is 11.6 Å². The standard InChI is InChI=1S/C17H15ClN2OS/c1-11-14-7-2-3-8-15(14)22-16(11)10-19-17(21)20-13-6-4-5-12(18)9-13/h2-9H,10H2,1H3,(H2,19,20,21). The average molecular weight is 331 g/mol. The molecule has 0 aliphatic heterocycles. The molecule has 0 saturated heterocycles. The molecular weight excluding hydrogens is 316 g/mol. The van der Waals surface area contributed by atoms with Crippen molar-refractivity contribution in [2.75, 3.05) is 5.32 Å². The third-order valence-electron chi connectivity index (χ3n) is 3.43. The molecule has 0 radical (unpaired) electrons. The third kappa shape index (κ3) is 3.24. The molecule has 3 nitrogen and oxygen atoms in total. The van der Waals surface area contributed by atoms with Gasteiger partial charge < -0.3 is 10.6 Å². The Morgan fingerprint density at radius 2 is 2.00 bits per heavy atom. The summed E-state index contributed by atoms with van der Waals surface area (Å²) in [4.78, 5) is 13.1. The number of nitrogens with one attached hydrogen (secondary N) is 2. The molecule has 1 aromatic heterocycles. The fraction of sp³-hybridized carbons (Fsp3) is 0.118. The number of rotatable bonds is 3. The third-order valence-corrected chi connectivity index (χ3v) is 4.94. The lowest BCUT2D eigenvalue weighted by atomic mass is 10.1. The number of fused-ring (bicyclic) bond motifs is 1. The van der Waals surface area contributed by atoms with Gasteiger partial charge in [0, 0.05) is 20.3 Å². The maximum Gasteiger partial charge on any atom is 0.319 e. The molecule has 0 fully saturated rings. The number of halogens is 1. The summed E-state index contributed by atoms with van der Waals surface area (Å²) in [7, 11) is 0. The van der Waals surface area contributed by atoms with Crippen LogP contribution in [0.5, 0.6) is 0 Å². The van der Waals surface area contributed by atoms with E-state index in [2.05, 4.69) is 29.7 Å². The highest BCUT2D eigenvalue weighted by Crippen LogP contribution is 2.30. The van der Waals surface area contributed by atoms with Crippen molar-refractivity contribution in [2.45, 2.75) is 13.5 Å². The van der Waals surface area contributed by atoms with Gasteiger partial charge in [0.15, 0.2) is 0 Å². The summed E-state index contributed by atoms with van der Waals surface area (Å²) in [6.45, 7) is 2.60. The van der Waals surface area contributed by atoms with Crippen LogP contribution in [-0.4, -0.2) is 6.03 Å². The largest absolute Gasteiger partial charge is 0.333 e. The van der Waals surface area contributed by atoms with Gasteiger partial charge in [-0.15, -0.1) is 11.3 Å². The van der Waals surface area contributed by atoms with E-state index < -0.39 is 0 Å².